The van der Waals surface area contributed by atoms with Crippen molar-refractivity contribution in [3.63, 3.8) is 0 Å². The molecule has 1 aliphatic rings. The Bertz CT molecular complexity index is 589. The molecule has 1 aromatic carbocycles. The van der Waals surface area contributed by atoms with Gasteiger partial charge in [0.1, 0.15) is 5.82 Å². The van der Waals surface area contributed by atoms with Gasteiger partial charge in [-0.2, -0.15) is 4.31 Å². The largest absolute Gasteiger partial charge is 0.316 e. The molecule has 21 heavy (non-hydrogen) atoms. The van der Waals surface area contributed by atoms with Crippen LogP contribution in [0.5, 0.6) is 0 Å². The van der Waals surface area contributed by atoms with Crippen molar-refractivity contribution < 1.29 is 12.8 Å². The van der Waals surface area contributed by atoms with Crippen LogP contribution in [0.4, 0.5) is 4.39 Å². The topological polar surface area (TPSA) is 49.4 Å². The van der Waals surface area contributed by atoms with E-state index >= 15 is 0 Å². The lowest BCUT2D eigenvalue weighted by Crippen LogP contribution is -2.32. The molecule has 118 valence electrons. The van der Waals surface area contributed by atoms with E-state index in [1.54, 1.807) is 7.05 Å². The Balaban J connectivity index is 2.28. The molecule has 1 fully saturated rings. The maximum Gasteiger partial charge on any atom is 0.243 e. The molecule has 0 bridgehead atoms. The highest BCUT2D eigenvalue weighted by molar-refractivity contribution is 7.89. The van der Waals surface area contributed by atoms with Crippen LogP contribution in [-0.2, 0) is 16.6 Å². The number of benzene rings is 1. The average Bonchev–Trinajstić information content (AvgIpc) is 2.66. The van der Waals surface area contributed by atoms with Crippen LogP contribution >= 0.6 is 0 Å². The van der Waals surface area contributed by atoms with Crippen molar-refractivity contribution in [3.05, 3.63) is 29.6 Å². The van der Waals surface area contributed by atoms with Crippen molar-refractivity contribution in [1.29, 1.82) is 0 Å². The second-order valence-corrected chi connectivity index (χ2v) is 7.66. The van der Waals surface area contributed by atoms with Gasteiger partial charge in [-0.25, -0.2) is 12.8 Å². The van der Waals surface area contributed by atoms with Crippen LogP contribution in [0.2, 0.25) is 0 Å². The van der Waals surface area contributed by atoms with Gasteiger partial charge in [-0.1, -0.05) is 6.92 Å². The summed E-state index contributed by atoms with van der Waals surface area (Å²) in [5.41, 5.74) is 0.377. The first-order valence-electron chi connectivity index (χ1n) is 7.38. The number of hydrogen-bond donors (Lipinski definition) is 1. The van der Waals surface area contributed by atoms with E-state index in [4.69, 9.17) is 0 Å². The Morgan fingerprint density at radius 1 is 1.33 bits per heavy atom. The van der Waals surface area contributed by atoms with Crippen molar-refractivity contribution in [2.24, 2.45) is 5.92 Å². The molecule has 1 aliphatic heterocycles. The monoisotopic (exact) mass is 314 g/mol. The predicted molar refractivity (Wildman–Crippen MR) is 80.9 cm³/mol. The van der Waals surface area contributed by atoms with E-state index in [0.717, 1.165) is 19.3 Å². The van der Waals surface area contributed by atoms with E-state index < -0.39 is 10.0 Å². The molecule has 0 aliphatic carbocycles. The van der Waals surface area contributed by atoms with Gasteiger partial charge in [0.05, 0.1) is 4.90 Å². The van der Waals surface area contributed by atoms with Gasteiger partial charge in [0.25, 0.3) is 0 Å². The van der Waals surface area contributed by atoms with Crippen LogP contribution in [-0.4, -0.2) is 32.9 Å². The van der Waals surface area contributed by atoms with E-state index in [1.807, 2.05) is 0 Å². The Kier molecular flexibility index (Phi) is 5.35. The number of halogens is 1. The molecule has 1 N–H and O–H groups in total. The van der Waals surface area contributed by atoms with Crippen LogP contribution in [0.3, 0.4) is 0 Å². The fraction of sp³-hybridized carbons (Fsp3) is 0.600. The number of sulfonamides is 1. The summed E-state index contributed by atoms with van der Waals surface area (Å²) < 4.78 is 40.6. The minimum Gasteiger partial charge on any atom is -0.316 e. The second-order valence-electron chi connectivity index (χ2n) is 5.72. The van der Waals surface area contributed by atoms with Crippen molar-refractivity contribution in [2.75, 3.05) is 20.1 Å². The molecule has 1 heterocycles. The molecule has 2 rings (SSSR count). The zero-order chi connectivity index (χ0) is 15.5. The summed E-state index contributed by atoms with van der Waals surface area (Å²) in [6.07, 6.45) is 2.81. The van der Waals surface area contributed by atoms with E-state index in [9.17, 15) is 12.8 Å². The summed E-state index contributed by atoms with van der Waals surface area (Å²) in [5.74, 6) is 0.172. The van der Waals surface area contributed by atoms with Crippen LogP contribution in [0.15, 0.2) is 23.1 Å². The van der Waals surface area contributed by atoms with E-state index in [2.05, 4.69) is 12.2 Å². The van der Waals surface area contributed by atoms with Crippen LogP contribution < -0.4 is 5.32 Å². The summed E-state index contributed by atoms with van der Waals surface area (Å²) in [7, 11) is -1.82. The van der Waals surface area contributed by atoms with E-state index in [1.165, 1.54) is 22.5 Å². The van der Waals surface area contributed by atoms with E-state index in [-0.39, 0.29) is 10.7 Å². The minimum absolute atomic E-state index is 0.184. The molecule has 1 saturated heterocycles. The maximum absolute atomic E-state index is 13.7. The number of rotatable bonds is 4. The Morgan fingerprint density at radius 2 is 2.10 bits per heavy atom. The highest BCUT2D eigenvalue weighted by Crippen LogP contribution is 2.24. The summed E-state index contributed by atoms with van der Waals surface area (Å²) in [5, 5.41) is 2.85. The minimum atomic E-state index is -3.53. The Labute approximate surface area is 126 Å². The lowest BCUT2D eigenvalue weighted by molar-refractivity contribution is 0.416. The van der Waals surface area contributed by atoms with Crippen molar-refractivity contribution in [1.82, 2.24) is 9.62 Å². The summed E-state index contributed by atoms with van der Waals surface area (Å²) in [6.45, 7) is 3.55. The quantitative estimate of drug-likeness (QED) is 0.928. The third kappa shape index (κ3) is 3.81. The highest BCUT2D eigenvalue weighted by Gasteiger charge is 2.27. The van der Waals surface area contributed by atoms with Gasteiger partial charge in [0, 0.05) is 25.2 Å². The normalized spacial score (nSPS) is 21.2. The maximum atomic E-state index is 13.7. The molecule has 1 atom stereocenters. The first-order chi connectivity index (χ1) is 9.95. The molecular weight excluding hydrogens is 291 g/mol. The van der Waals surface area contributed by atoms with Gasteiger partial charge >= 0.3 is 0 Å². The van der Waals surface area contributed by atoms with Crippen molar-refractivity contribution in [2.45, 2.75) is 37.6 Å². The molecule has 1 unspecified atom stereocenters. The molecule has 0 spiro atoms. The fourth-order valence-electron chi connectivity index (χ4n) is 2.66. The smallest absolute Gasteiger partial charge is 0.243 e. The first-order valence-corrected chi connectivity index (χ1v) is 8.82. The molecule has 0 aromatic heterocycles. The lowest BCUT2D eigenvalue weighted by Gasteiger charge is -2.20. The number of hydrogen-bond acceptors (Lipinski definition) is 3. The van der Waals surface area contributed by atoms with Gasteiger partial charge in [0.2, 0.25) is 10.0 Å². The van der Waals surface area contributed by atoms with Gasteiger partial charge in [-0.05, 0) is 50.4 Å². The van der Waals surface area contributed by atoms with Crippen LogP contribution in [0, 0.1) is 11.7 Å². The van der Waals surface area contributed by atoms with Gasteiger partial charge in [-0.15, -0.1) is 0 Å². The van der Waals surface area contributed by atoms with Crippen LogP contribution in [0.25, 0.3) is 0 Å². The predicted octanol–water partition coefficient (Wildman–Crippen LogP) is 2.36. The molecule has 1 aromatic rings. The Morgan fingerprint density at radius 3 is 2.81 bits per heavy atom. The van der Waals surface area contributed by atoms with Gasteiger partial charge in [-0.3, -0.25) is 0 Å². The van der Waals surface area contributed by atoms with Crippen molar-refractivity contribution >= 4 is 10.0 Å². The summed E-state index contributed by atoms with van der Waals surface area (Å²) in [4.78, 5) is 0.184. The zero-order valence-electron chi connectivity index (χ0n) is 12.6. The molecule has 0 radical (unpaired) electrons. The standard InChI is InChI=1S/C15H23FN2O2S/c1-12-4-3-8-18(9-7-12)21(19,20)14-5-6-15(16)13(10-14)11-17-2/h5-6,10,12,17H,3-4,7-9,11H2,1-2H3. The highest BCUT2D eigenvalue weighted by atomic mass is 32.2. The number of nitrogens with one attached hydrogen (secondary N) is 1. The second kappa shape index (κ2) is 6.85. The molecule has 0 saturated carbocycles. The molecule has 6 heteroatoms. The molecular formula is C15H23FN2O2S. The SMILES string of the molecule is CNCc1cc(S(=O)(=O)N2CCCC(C)CC2)ccc1F. The molecule has 4 nitrogen and oxygen atoms in total. The summed E-state index contributed by atoms with van der Waals surface area (Å²) in [6, 6.07) is 4.04. The third-order valence-electron chi connectivity index (χ3n) is 4.00. The number of nitrogens with zero attached hydrogens (tertiary/aromatic N) is 1. The Hall–Kier alpha value is -0.980. The molecule has 0 amide bonds. The van der Waals surface area contributed by atoms with Gasteiger partial charge in [0.15, 0.2) is 0 Å². The van der Waals surface area contributed by atoms with Gasteiger partial charge < -0.3 is 5.32 Å². The first kappa shape index (κ1) is 16.4. The fourth-order valence-corrected chi connectivity index (χ4v) is 4.21. The van der Waals surface area contributed by atoms with Crippen LogP contribution in [0.1, 0.15) is 31.7 Å². The zero-order valence-corrected chi connectivity index (χ0v) is 13.4. The van der Waals surface area contributed by atoms with Crippen molar-refractivity contribution in [3.8, 4) is 0 Å². The van der Waals surface area contributed by atoms with E-state index in [0.29, 0.717) is 31.1 Å². The average molecular weight is 314 g/mol. The summed E-state index contributed by atoms with van der Waals surface area (Å²) >= 11 is 0. The lowest BCUT2D eigenvalue weighted by atomic mass is 10.0. The third-order valence-corrected chi connectivity index (χ3v) is 5.89.